The van der Waals surface area contributed by atoms with Crippen LogP contribution in [0.1, 0.15) is 13.3 Å². The lowest BCUT2D eigenvalue weighted by Crippen LogP contribution is -2.51. The molecular weight excluding hydrogens is 367 g/mol. The van der Waals surface area contributed by atoms with Gasteiger partial charge in [-0.15, -0.1) is 11.8 Å². The SMILES string of the molecule is CCOC(=O)C1(n2cnc3c(SCCCF)ncnc32)CSCC1O. The number of nitrogens with zero attached hydrogens (tertiary/aromatic N) is 4. The van der Waals surface area contributed by atoms with Crippen LogP contribution in [0.4, 0.5) is 4.39 Å². The standard InChI is InChI=1S/C15H19FN4O3S2/c1-2-23-14(22)15(7-24-6-10(15)21)20-9-19-11-12(20)17-8-18-13(11)25-5-3-4-16/h8-10,21H,2-7H2,1H3. The molecule has 3 rings (SSSR count). The summed E-state index contributed by atoms with van der Waals surface area (Å²) in [6.07, 6.45) is 2.43. The average Bonchev–Trinajstić information content (AvgIpc) is 3.20. The number of imidazole rings is 1. The van der Waals surface area contributed by atoms with Crippen molar-refractivity contribution in [2.24, 2.45) is 0 Å². The quantitative estimate of drug-likeness (QED) is 0.332. The van der Waals surface area contributed by atoms with E-state index in [1.165, 1.54) is 36.2 Å². The number of aromatic nitrogens is 4. The molecule has 0 aromatic carbocycles. The highest BCUT2D eigenvalue weighted by Gasteiger charge is 2.53. The van der Waals surface area contributed by atoms with Crippen LogP contribution in [0.3, 0.4) is 0 Å². The molecule has 2 aromatic rings. The second-order valence-electron chi connectivity index (χ2n) is 5.53. The van der Waals surface area contributed by atoms with Crippen LogP contribution in [-0.2, 0) is 15.1 Å². The molecule has 0 amide bonds. The van der Waals surface area contributed by atoms with Crippen molar-refractivity contribution in [2.75, 3.05) is 30.5 Å². The molecule has 0 aliphatic carbocycles. The number of aliphatic hydroxyl groups excluding tert-OH is 1. The molecule has 0 saturated carbocycles. The first kappa shape index (κ1) is 18.4. The van der Waals surface area contributed by atoms with Crippen molar-refractivity contribution >= 4 is 40.7 Å². The van der Waals surface area contributed by atoms with Gasteiger partial charge in [-0.05, 0) is 13.3 Å². The maximum absolute atomic E-state index is 12.7. The van der Waals surface area contributed by atoms with Gasteiger partial charge in [0.15, 0.2) is 11.2 Å². The minimum Gasteiger partial charge on any atom is -0.464 e. The van der Waals surface area contributed by atoms with Gasteiger partial charge in [0.25, 0.3) is 0 Å². The van der Waals surface area contributed by atoms with Crippen LogP contribution in [-0.4, -0.2) is 67.2 Å². The average molecular weight is 386 g/mol. The Labute approximate surface area is 152 Å². The van der Waals surface area contributed by atoms with E-state index in [2.05, 4.69) is 15.0 Å². The summed E-state index contributed by atoms with van der Waals surface area (Å²) >= 11 is 2.88. The van der Waals surface area contributed by atoms with Crippen molar-refractivity contribution in [3.8, 4) is 0 Å². The Morgan fingerprint density at radius 1 is 1.56 bits per heavy atom. The highest BCUT2D eigenvalue weighted by molar-refractivity contribution is 7.99. The van der Waals surface area contributed by atoms with Crippen molar-refractivity contribution in [3.63, 3.8) is 0 Å². The van der Waals surface area contributed by atoms with Crippen LogP contribution >= 0.6 is 23.5 Å². The molecule has 10 heteroatoms. The van der Waals surface area contributed by atoms with Gasteiger partial charge in [0.2, 0.25) is 0 Å². The molecule has 0 radical (unpaired) electrons. The zero-order chi connectivity index (χ0) is 17.9. The van der Waals surface area contributed by atoms with Gasteiger partial charge in [0.05, 0.1) is 25.7 Å². The molecule has 1 saturated heterocycles. The van der Waals surface area contributed by atoms with Gasteiger partial charge < -0.3 is 9.84 Å². The molecular formula is C15H19FN4O3S2. The van der Waals surface area contributed by atoms with E-state index in [0.717, 1.165) is 0 Å². The Morgan fingerprint density at radius 2 is 2.40 bits per heavy atom. The van der Waals surface area contributed by atoms with Gasteiger partial charge in [0, 0.05) is 17.3 Å². The van der Waals surface area contributed by atoms with Crippen LogP contribution in [0.2, 0.25) is 0 Å². The number of thioether (sulfide) groups is 2. The minimum absolute atomic E-state index is 0.226. The highest BCUT2D eigenvalue weighted by Crippen LogP contribution is 2.38. The van der Waals surface area contributed by atoms with Gasteiger partial charge in [0.1, 0.15) is 16.9 Å². The normalized spacial score (nSPS) is 23.2. The molecule has 25 heavy (non-hydrogen) atoms. The van der Waals surface area contributed by atoms with E-state index in [9.17, 15) is 14.3 Å². The van der Waals surface area contributed by atoms with Crippen molar-refractivity contribution in [3.05, 3.63) is 12.7 Å². The lowest BCUT2D eigenvalue weighted by molar-refractivity contribution is -0.157. The first-order chi connectivity index (χ1) is 12.1. The molecule has 0 bridgehead atoms. The van der Waals surface area contributed by atoms with Gasteiger partial charge in [-0.2, -0.15) is 11.8 Å². The molecule has 2 atom stereocenters. The van der Waals surface area contributed by atoms with E-state index in [1.807, 2.05) is 0 Å². The van der Waals surface area contributed by atoms with E-state index in [0.29, 0.717) is 39.9 Å². The van der Waals surface area contributed by atoms with Crippen molar-refractivity contribution in [1.29, 1.82) is 0 Å². The van der Waals surface area contributed by atoms with Crippen molar-refractivity contribution < 1.29 is 19.0 Å². The first-order valence-electron chi connectivity index (χ1n) is 7.95. The number of rotatable bonds is 7. The summed E-state index contributed by atoms with van der Waals surface area (Å²) in [6.45, 7) is 1.57. The summed E-state index contributed by atoms with van der Waals surface area (Å²) in [5.74, 6) is 0.905. The predicted octanol–water partition coefficient (Wildman–Crippen LogP) is 1.64. The number of hydrogen-bond donors (Lipinski definition) is 1. The van der Waals surface area contributed by atoms with Gasteiger partial charge in [-0.1, -0.05) is 0 Å². The number of carbonyl (C=O) groups excluding carboxylic acids is 1. The highest BCUT2D eigenvalue weighted by atomic mass is 32.2. The number of fused-ring (bicyclic) bond motifs is 1. The van der Waals surface area contributed by atoms with Crippen LogP contribution in [0.5, 0.6) is 0 Å². The summed E-state index contributed by atoms with van der Waals surface area (Å²) in [5.41, 5.74) is -0.239. The molecule has 0 spiro atoms. The third kappa shape index (κ3) is 3.22. The Kier molecular flexibility index (Phi) is 5.80. The maximum atomic E-state index is 12.7. The molecule has 7 nitrogen and oxygen atoms in total. The van der Waals surface area contributed by atoms with Gasteiger partial charge in [-0.3, -0.25) is 8.96 Å². The second-order valence-corrected chi connectivity index (χ2v) is 7.65. The Morgan fingerprint density at radius 3 is 3.08 bits per heavy atom. The Balaban J connectivity index is 2.04. The summed E-state index contributed by atoms with van der Waals surface area (Å²) < 4.78 is 19.2. The van der Waals surface area contributed by atoms with Crippen molar-refractivity contribution in [2.45, 2.75) is 30.0 Å². The number of carbonyl (C=O) groups is 1. The van der Waals surface area contributed by atoms with E-state index >= 15 is 0 Å². The second kappa shape index (κ2) is 7.88. The number of esters is 1. The topological polar surface area (TPSA) is 90.1 Å². The molecule has 2 unspecified atom stereocenters. The summed E-state index contributed by atoms with van der Waals surface area (Å²) in [7, 11) is 0. The number of hydrogen-bond acceptors (Lipinski definition) is 8. The van der Waals surface area contributed by atoms with Crippen LogP contribution in [0.15, 0.2) is 17.7 Å². The van der Waals surface area contributed by atoms with E-state index in [4.69, 9.17) is 4.74 Å². The van der Waals surface area contributed by atoms with Crippen LogP contribution < -0.4 is 0 Å². The Hall–Kier alpha value is -1.39. The monoisotopic (exact) mass is 386 g/mol. The van der Waals surface area contributed by atoms with Crippen molar-refractivity contribution in [1.82, 2.24) is 19.5 Å². The maximum Gasteiger partial charge on any atom is 0.336 e. The minimum atomic E-state index is -1.25. The lowest BCUT2D eigenvalue weighted by atomic mass is 9.95. The fraction of sp³-hybridized carbons (Fsp3) is 0.600. The largest absolute Gasteiger partial charge is 0.464 e. The molecule has 1 N–H and O–H groups in total. The number of ether oxygens (including phenoxy) is 1. The van der Waals surface area contributed by atoms with Gasteiger partial charge in [-0.25, -0.2) is 19.7 Å². The molecule has 1 aliphatic rings. The first-order valence-corrected chi connectivity index (χ1v) is 10.1. The zero-order valence-corrected chi connectivity index (χ0v) is 15.4. The van der Waals surface area contributed by atoms with E-state index in [-0.39, 0.29) is 13.3 Å². The van der Waals surface area contributed by atoms with E-state index < -0.39 is 17.6 Å². The zero-order valence-electron chi connectivity index (χ0n) is 13.7. The van der Waals surface area contributed by atoms with Crippen LogP contribution in [0.25, 0.3) is 11.2 Å². The van der Waals surface area contributed by atoms with Crippen LogP contribution in [0, 0.1) is 0 Å². The smallest absolute Gasteiger partial charge is 0.336 e. The summed E-state index contributed by atoms with van der Waals surface area (Å²) in [6, 6.07) is 0. The lowest BCUT2D eigenvalue weighted by Gasteiger charge is -2.30. The Bertz CT molecular complexity index is 759. The number of aliphatic hydroxyl groups is 1. The molecule has 1 aliphatic heterocycles. The fourth-order valence-electron chi connectivity index (χ4n) is 2.77. The van der Waals surface area contributed by atoms with Gasteiger partial charge >= 0.3 is 5.97 Å². The molecule has 1 fully saturated rings. The third-order valence-electron chi connectivity index (χ3n) is 4.02. The number of halogens is 1. The van der Waals surface area contributed by atoms with E-state index in [1.54, 1.807) is 11.5 Å². The molecule has 2 aromatic heterocycles. The predicted molar refractivity (Wildman–Crippen MR) is 94.6 cm³/mol. The number of alkyl halides is 1. The summed E-state index contributed by atoms with van der Waals surface area (Å²) in [5, 5.41) is 11.2. The molecule has 3 heterocycles. The fourth-order valence-corrected chi connectivity index (χ4v) is 5.00. The molecule has 136 valence electrons. The summed E-state index contributed by atoms with van der Waals surface area (Å²) in [4.78, 5) is 25.5. The third-order valence-corrected chi connectivity index (χ3v) is 6.29.